The zero-order valence-corrected chi connectivity index (χ0v) is 22.2. The summed E-state index contributed by atoms with van der Waals surface area (Å²) >= 11 is 0. The second kappa shape index (κ2) is 11.0. The normalized spacial score (nSPS) is 13.3. The highest BCUT2D eigenvalue weighted by Gasteiger charge is 2.29. The summed E-state index contributed by atoms with van der Waals surface area (Å²) in [5, 5.41) is 0. The SMILES string of the molecule is COc1ccc(-c2cc(C(=O)N3CCN(C(=O)c4ccccc4F)CC3)c(C)n2-c2cccc(OC)c2)cc1. The van der Waals surface area contributed by atoms with Gasteiger partial charge in [-0.15, -0.1) is 0 Å². The monoisotopic (exact) mass is 527 g/mol. The Bertz CT molecular complexity index is 1500. The lowest BCUT2D eigenvalue weighted by molar-refractivity contribution is 0.0532. The fourth-order valence-electron chi connectivity index (χ4n) is 4.97. The lowest BCUT2D eigenvalue weighted by atomic mass is 10.1. The number of methoxy groups -OCH3 is 2. The molecule has 39 heavy (non-hydrogen) atoms. The largest absolute Gasteiger partial charge is 0.497 e. The number of hydrogen-bond acceptors (Lipinski definition) is 4. The lowest BCUT2D eigenvalue weighted by Gasteiger charge is -2.35. The van der Waals surface area contributed by atoms with Crippen LogP contribution in [-0.2, 0) is 0 Å². The molecule has 2 heterocycles. The second-order valence-corrected chi connectivity index (χ2v) is 9.36. The molecule has 0 spiro atoms. The van der Waals surface area contributed by atoms with E-state index in [0.717, 1.165) is 28.4 Å². The molecule has 4 aromatic rings. The first-order valence-corrected chi connectivity index (χ1v) is 12.8. The Labute approximate surface area is 227 Å². The number of rotatable bonds is 6. The molecule has 0 aliphatic carbocycles. The molecule has 1 saturated heterocycles. The molecule has 0 bridgehead atoms. The van der Waals surface area contributed by atoms with Crippen molar-refractivity contribution >= 4 is 11.8 Å². The van der Waals surface area contributed by atoms with Gasteiger partial charge in [-0.25, -0.2) is 4.39 Å². The van der Waals surface area contributed by atoms with E-state index in [1.165, 1.54) is 12.1 Å². The summed E-state index contributed by atoms with van der Waals surface area (Å²) in [6.07, 6.45) is 0. The predicted molar refractivity (Wildman–Crippen MR) is 147 cm³/mol. The summed E-state index contributed by atoms with van der Waals surface area (Å²) in [6, 6.07) is 23.3. The minimum atomic E-state index is -0.540. The van der Waals surface area contributed by atoms with Crippen LogP contribution in [0.1, 0.15) is 26.4 Å². The van der Waals surface area contributed by atoms with Gasteiger partial charge in [0, 0.05) is 43.6 Å². The fraction of sp³-hybridized carbons (Fsp3) is 0.226. The van der Waals surface area contributed by atoms with Crippen LogP contribution in [0.3, 0.4) is 0 Å². The summed E-state index contributed by atoms with van der Waals surface area (Å²) in [5.41, 5.74) is 4.09. The van der Waals surface area contributed by atoms with Crippen molar-refractivity contribution in [1.29, 1.82) is 0 Å². The van der Waals surface area contributed by atoms with Crippen LogP contribution in [-0.4, -0.2) is 66.6 Å². The van der Waals surface area contributed by atoms with Gasteiger partial charge in [-0.1, -0.05) is 18.2 Å². The quantitative estimate of drug-likeness (QED) is 0.346. The number of carbonyl (C=O) groups is 2. The number of halogens is 1. The van der Waals surface area contributed by atoms with Crippen molar-refractivity contribution < 1.29 is 23.5 Å². The molecular formula is C31H30FN3O4. The molecule has 1 fully saturated rings. The molecule has 8 heteroatoms. The van der Waals surface area contributed by atoms with Gasteiger partial charge in [0.1, 0.15) is 17.3 Å². The third kappa shape index (κ3) is 5.10. The zero-order chi connectivity index (χ0) is 27.5. The van der Waals surface area contributed by atoms with Crippen molar-refractivity contribution in [2.75, 3.05) is 40.4 Å². The van der Waals surface area contributed by atoms with Gasteiger partial charge in [0.05, 0.1) is 31.0 Å². The third-order valence-electron chi connectivity index (χ3n) is 7.13. The standard InChI is InChI=1S/C31H30FN3O4/c1-21-27(31(37)34-17-15-33(16-18-34)30(36)26-9-4-5-10-28(26)32)20-29(22-11-13-24(38-2)14-12-22)35(21)23-7-6-8-25(19-23)39-3/h4-14,19-20H,15-18H2,1-3H3. The van der Waals surface area contributed by atoms with Crippen LogP contribution in [0.4, 0.5) is 4.39 Å². The Hall–Kier alpha value is -4.59. The topological polar surface area (TPSA) is 64.0 Å². The molecule has 2 amide bonds. The highest BCUT2D eigenvalue weighted by Crippen LogP contribution is 2.32. The Morgan fingerprint density at radius 2 is 1.33 bits per heavy atom. The van der Waals surface area contributed by atoms with Gasteiger partial charge in [-0.3, -0.25) is 9.59 Å². The summed E-state index contributed by atoms with van der Waals surface area (Å²) in [4.78, 5) is 30.0. The van der Waals surface area contributed by atoms with Gasteiger partial charge in [0.2, 0.25) is 0 Å². The van der Waals surface area contributed by atoms with Crippen LogP contribution in [0.5, 0.6) is 11.5 Å². The van der Waals surface area contributed by atoms with E-state index < -0.39 is 5.82 Å². The van der Waals surface area contributed by atoms with Crippen molar-refractivity contribution in [2.24, 2.45) is 0 Å². The van der Waals surface area contributed by atoms with E-state index in [2.05, 4.69) is 4.57 Å². The molecule has 1 aliphatic heterocycles. The number of nitrogens with zero attached hydrogens (tertiary/aromatic N) is 3. The van der Waals surface area contributed by atoms with Crippen LogP contribution in [0, 0.1) is 12.7 Å². The molecule has 200 valence electrons. The number of carbonyl (C=O) groups excluding carboxylic acids is 2. The van der Waals surface area contributed by atoms with Gasteiger partial charge in [-0.05, 0) is 67.1 Å². The first kappa shape index (κ1) is 26.0. The average molecular weight is 528 g/mol. The van der Waals surface area contributed by atoms with E-state index >= 15 is 0 Å². The van der Waals surface area contributed by atoms with E-state index in [9.17, 15) is 14.0 Å². The molecule has 0 unspecified atom stereocenters. The van der Waals surface area contributed by atoms with E-state index in [1.807, 2.05) is 61.5 Å². The Balaban J connectivity index is 1.44. The van der Waals surface area contributed by atoms with Crippen LogP contribution >= 0.6 is 0 Å². The number of amides is 2. The van der Waals surface area contributed by atoms with Crippen LogP contribution in [0.25, 0.3) is 16.9 Å². The van der Waals surface area contributed by atoms with Crippen LogP contribution in [0.15, 0.2) is 78.9 Å². The minimum absolute atomic E-state index is 0.0487. The number of piperazine rings is 1. The van der Waals surface area contributed by atoms with E-state index in [1.54, 1.807) is 36.2 Å². The van der Waals surface area contributed by atoms with E-state index in [0.29, 0.717) is 37.5 Å². The number of hydrogen-bond donors (Lipinski definition) is 0. The molecule has 5 rings (SSSR count). The molecular weight excluding hydrogens is 497 g/mol. The van der Waals surface area contributed by atoms with Gasteiger partial charge in [0.15, 0.2) is 0 Å². The molecule has 0 atom stereocenters. The molecule has 0 radical (unpaired) electrons. The smallest absolute Gasteiger partial charge is 0.256 e. The Morgan fingerprint density at radius 3 is 1.95 bits per heavy atom. The van der Waals surface area contributed by atoms with Crippen molar-refractivity contribution in [1.82, 2.24) is 14.4 Å². The first-order valence-electron chi connectivity index (χ1n) is 12.8. The number of aromatic nitrogens is 1. The third-order valence-corrected chi connectivity index (χ3v) is 7.13. The fourth-order valence-corrected chi connectivity index (χ4v) is 4.97. The highest BCUT2D eigenvalue weighted by molar-refractivity contribution is 5.98. The Morgan fingerprint density at radius 1 is 0.718 bits per heavy atom. The maximum Gasteiger partial charge on any atom is 0.256 e. The molecule has 0 saturated carbocycles. The summed E-state index contributed by atoms with van der Waals surface area (Å²) in [6.45, 7) is 3.32. The van der Waals surface area contributed by atoms with Crippen LogP contribution in [0.2, 0.25) is 0 Å². The van der Waals surface area contributed by atoms with Gasteiger partial charge < -0.3 is 23.8 Å². The Kier molecular flexibility index (Phi) is 7.36. The number of ether oxygens (including phenoxy) is 2. The van der Waals surface area contributed by atoms with E-state index in [-0.39, 0.29) is 17.4 Å². The lowest BCUT2D eigenvalue weighted by Crippen LogP contribution is -2.50. The van der Waals surface area contributed by atoms with Crippen molar-refractivity contribution in [3.8, 4) is 28.4 Å². The molecule has 7 nitrogen and oxygen atoms in total. The van der Waals surface area contributed by atoms with Gasteiger partial charge >= 0.3 is 0 Å². The predicted octanol–water partition coefficient (Wildman–Crippen LogP) is 5.21. The summed E-state index contributed by atoms with van der Waals surface area (Å²) in [7, 11) is 3.25. The van der Waals surface area contributed by atoms with E-state index in [4.69, 9.17) is 9.47 Å². The first-order chi connectivity index (χ1) is 18.9. The molecule has 1 aliphatic rings. The maximum absolute atomic E-state index is 14.1. The summed E-state index contributed by atoms with van der Waals surface area (Å²) < 4.78 is 27.0. The molecule has 1 aromatic heterocycles. The summed E-state index contributed by atoms with van der Waals surface area (Å²) in [5.74, 6) is 0.449. The van der Waals surface area contributed by atoms with Crippen molar-refractivity contribution in [3.05, 3.63) is 102 Å². The van der Waals surface area contributed by atoms with Crippen molar-refractivity contribution in [2.45, 2.75) is 6.92 Å². The minimum Gasteiger partial charge on any atom is -0.497 e. The second-order valence-electron chi connectivity index (χ2n) is 9.36. The highest BCUT2D eigenvalue weighted by atomic mass is 19.1. The van der Waals surface area contributed by atoms with Gasteiger partial charge in [-0.2, -0.15) is 0 Å². The molecule has 3 aromatic carbocycles. The van der Waals surface area contributed by atoms with Gasteiger partial charge in [0.25, 0.3) is 11.8 Å². The zero-order valence-electron chi connectivity index (χ0n) is 22.2. The average Bonchev–Trinajstić information content (AvgIpc) is 3.33. The maximum atomic E-state index is 14.1. The molecule has 0 N–H and O–H groups in total. The number of benzene rings is 3. The van der Waals surface area contributed by atoms with Crippen LogP contribution < -0.4 is 9.47 Å². The van der Waals surface area contributed by atoms with Crippen molar-refractivity contribution in [3.63, 3.8) is 0 Å².